The number of aromatic amines is 1. The number of H-pyrrole nitrogens is 1. The van der Waals surface area contributed by atoms with E-state index in [0.717, 1.165) is 49.0 Å². The van der Waals surface area contributed by atoms with E-state index in [9.17, 15) is 0 Å². The number of ether oxygens (including phenoxy) is 1. The molecule has 4 heterocycles. The summed E-state index contributed by atoms with van der Waals surface area (Å²) < 4.78 is 7.60. The van der Waals surface area contributed by atoms with Crippen molar-refractivity contribution in [2.24, 2.45) is 0 Å². The van der Waals surface area contributed by atoms with Crippen LogP contribution in [-0.4, -0.2) is 52.3 Å². The first kappa shape index (κ1) is 20.5. The first-order valence-corrected chi connectivity index (χ1v) is 11.6. The maximum absolute atomic E-state index is 5.54. The van der Waals surface area contributed by atoms with Crippen LogP contribution in [0.4, 0.5) is 5.82 Å². The van der Waals surface area contributed by atoms with E-state index in [-0.39, 0.29) is 0 Å². The number of hydrogen-bond donors (Lipinski definition) is 1. The Bertz CT molecular complexity index is 1100. The molecule has 3 aromatic heterocycles. The molecule has 30 heavy (non-hydrogen) atoms. The Morgan fingerprint density at radius 1 is 1.03 bits per heavy atom. The van der Waals surface area contributed by atoms with Crippen LogP contribution in [0.15, 0.2) is 59.8 Å². The van der Waals surface area contributed by atoms with Gasteiger partial charge in [-0.05, 0) is 35.6 Å². The van der Waals surface area contributed by atoms with Crippen molar-refractivity contribution in [1.29, 1.82) is 0 Å². The zero-order chi connectivity index (χ0) is 20.9. The molecule has 1 aliphatic heterocycles. The summed E-state index contributed by atoms with van der Waals surface area (Å²) in [7, 11) is 0. The Labute approximate surface area is 181 Å². The second-order valence-corrected chi connectivity index (χ2v) is 7.54. The average molecular weight is 422 g/mol. The second kappa shape index (κ2) is 9.36. The van der Waals surface area contributed by atoms with Gasteiger partial charge in [0.05, 0.1) is 19.4 Å². The van der Waals surface area contributed by atoms with Gasteiger partial charge >= 0.3 is 0 Å². The lowest BCUT2D eigenvalue weighted by atomic mass is 10.0. The number of anilines is 1. The molecular formula is C23H27N5OS. The van der Waals surface area contributed by atoms with Crippen LogP contribution < -0.4 is 4.90 Å². The van der Waals surface area contributed by atoms with E-state index in [2.05, 4.69) is 68.5 Å². The third-order valence-corrected chi connectivity index (χ3v) is 5.92. The molecule has 0 bridgehead atoms. The summed E-state index contributed by atoms with van der Waals surface area (Å²) in [5, 5.41) is 8.28. The van der Waals surface area contributed by atoms with Crippen molar-refractivity contribution in [2.45, 2.75) is 18.7 Å². The fraction of sp³-hybridized carbons (Fsp3) is 0.304. The Morgan fingerprint density at radius 2 is 1.83 bits per heavy atom. The molecule has 1 aromatic carbocycles. The maximum Gasteiger partial charge on any atom is 0.148 e. The first-order valence-electron chi connectivity index (χ1n) is 10.3. The van der Waals surface area contributed by atoms with Gasteiger partial charge in [-0.25, -0.2) is 4.98 Å². The molecule has 1 aliphatic rings. The molecule has 6 nitrogen and oxygen atoms in total. The van der Waals surface area contributed by atoms with Gasteiger partial charge in [0.1, 0.15) is 17.3 Å². The third-order valence-electron chi connectivity index (χ3n) is 5.12. The molecule has 0 spiro atoms. The Morgan fingerprint density at radius 3 is 2.57 bits per heavy atom. The number of fused-ring (bicyclic) bond motifs is 1. The van der Waals surface area contributed by atoms with Crippen molar-refractivity contribution in [2.75, 3.05) is 37.5 Å². The van der Waals surface area contributed by atoms with E-state index >= 15 is 0 Å². The number of rotatable bonds is 4. The van der Waals surface area contributed by atoms with E-state index < -0.39 is 0 Å². The zero-order valence-electron chi connectivity index (χ0n) is 17.6. The van der Waals surface area contributed by atoms with Gasteiger partial charge in [-0.2, -0.15) is 5.10 Å². The van der Waals surface area contributed by atoms with Crippen LogP contribution in [0, 0.1) is 0 Å². The Balaban J connectivity index is 0.00000106. The molecule has 4 aromatic rings. The molecule has 0 amide bonds. The average Bonchev–Trinajstić information content (AvgIpc) is 3.50. The fourth-order valence-electron chi connectivity index (χ4n) is 3.72. The summed E-state index contributed by atoms with van der Waals surface area (Å²) in [6.45, 7) is 7.18. The highest BCUT2D eigenvalue weighted by Crippen LogP contribution is 2.37. The van der Waals surface area contributed by atoms with E-state index in [1.165, 1.54) is 16.0 Å². The highest BCUT2D eigenvalue weighted by Gasteiger charge is 2.19. The van der Waals surface area contributed by atoms with Gasteiger partial charge in [-0.1, -0.05) is 32.0 Å². The maximum atomic E-state index is 5.54. The SMILES string of the molecule is CC.CSc1ccccc1-c1cc(N2CCOCC2)nc2c1ccn2-c1ccn[nH]1. The van der Waals surface area contributed by atoms with E-state index in [1.807, 2.05) is 19.9 Å². The highest BCUT2D eigenvalue weighted by atomic mass is 32.2. The van der Waals surface area contributed by atoms with Crippen molar-refractivity contribution in [3.05, 3.63) is 54.9 Å². The topological polar surface area (TPSA) is 59.0 Å². The quantitative estimate of drug-likeness (QED) is 0.470. The number of pyridine rings is 1. The normalized spacial score (nSPS) is 13.9. The molecule has 0 unspecified atom stereocenters. The van der Waals surface area contributed by atoms with Crippen LogP contribution in [0.1, 0.15) is 13.8 Å². The van der Waals surface area contributed by atoms with Crippen LogP contribution in [-0.2, 0) is 4.74 Å². The van der Waals surface area contributed by atoms with Crippen LogP contribution in [0.2, 0.25) is 0 Å². The fourth-order valence-corrected chi connectivity index (χ4v) is 4.33. The van der Waals surface area contributed by atoms with Gasteiger partial charge < -0.3 is 9.64 Å². The molecule has 5 rings (SSSR count). The zero-order valence-corrected chi connectivity index (χ0v) is 18.4. The largest absolute Gasteiger partial charge is 0.378 e. The third kappa shape index (κ3) is 3.82. The molecular weight excluding hydrogens is 394 g/mol. The molecule has 1 saturated heterocycles. The van der Waals surface area contributed by atoms with E-state index in [4.69, 9.17) is 9.72 Å². The Hall–Kier alpha value is -2.77. The second-order valence-electron chi connectivity index (χ2n) is 6.69. The standard InChI is InChI=1S/C21H21N5OS.C2H6/c1-28-18-5-3-2-4-15(18)17-14-20(25-10-12-27-13-11-25)23-21-16(17)7-9-26(21)19-6-8-22-24-19;1-2/h2-9,14H,10-13H2,1H3,(H,22,24);1-2H3. The van der Waals surface area contributed by atoms with Crippen LogP contribution in [0.25, 0.3) is 28.0 Å². The number of morpholine rings is 1. The minimum Gasteiger partial charge on any atom is -0.378 e. The molecule has 156 valence electrons. The lowest BCUT2D eigenvalue weighted by Crippen LogP contribution is -2.36. The van der Waals surface area contributed by atoms with Crippen molar-refractivity contribution in [3.8, 4) is 16.9 Å². The predicted octanol–water partition coefficient (Wildman–Crippen LogP) is 5.00. The number of nitrogens with one attached hydrogen (secondary N) is 1. The summed E-state index contributed by atoms with van der Waals surface area (Å²) in [6, 6.07) is 14.9. The number of benzene rings is 1. The summed E-state index contributed by atoms with van der Waals surface area (Å²) in [5.74, 6) is 1.90. The molecule has 1 fully saturated rings. The summed E-state index contributed by atoms with van der Waals surface area (Å²) in [6.07, 6.45) is 5.94. The Kier molecular flexibility index (Phi) is 6.40. The minimum atomic E-state index is 0.734. The number of hydrogen-bond acceptors (Lipinski definition) is 5. The number of nitrogens with zero attached hydrogens (tertiary/aromatic N) is 4. The molecule has 0 atom stereocenters. The van der Waals surface area contributed by atoms with Gasteiger partial charge in [0.2, 0.25) is 0 Å². The summed E-state index contributed by atoms with van der Waals surface area (Å²) in [5.41, 5.74) is 3.37. The van der Waals surface area contributed by atoms with Crippen molar-refractivity contribution >= 4 is 28.6 Å². The lowest BCUT2D eigenvalue weighted by Gasteiger charge is -2.28. The first-order chi connectivity index (χ1) is 14.8. The van der Waals surface area contributed by atoms with E-state index in [0.29, 0.717) is 0 Å². The number of thioether (sulfide) groups is 1. The van der Waals surface area contributed by atoms with Gasteiger partial charge in [0.25, 0.3) is 0 Å². The number of aromatic nitrogens is 4. The van der Waals surface area contributed by atoms with Crippen LogP contribution in [0.3, 0.4) is 0 Å². The van der Waals surface area contributed by atoms with Gasteiger partial charge in [-0.3, -0.25) is 9.67 Å². The molecule has 0 saturated carbocycles. The van der Waals surface area contributed by atoms with E-state index in [1.54, 1.807) is 18.0 Å². The summed E-state index contributed by atoms with van der Waals surface area (Å²) in [4.78, 5) is 8.60. The molecule has 0 aliphatic carbocycles. The smallest absolute Gasteiger partial charge is 0.148 e. The van der Waals surface area contributed by atoms with Crippen LogP contribution in [0.5, 0.6) is 0 Å². The lowest BCUT2D eigenvalue weighted by molar-refractivity contribution is 0.122. The highest BCUT2D eigenvalue weighted by molar-refractivity contribution is 7.98. The van der Waals surface area contributed by atoms with Crippen molar-refractivity contribution < 1.29 is 4.74 Å². The van der Waals surface area contributed by atoms with Gasteiger partial charge in [-0.15, -0.1) is 11.8 Å². The van der Waals surface area contributed by atoms with Crippen molar-refractivity contribution in [3.63, 3.8) is 0 Å². The molecule has 1 N–H and O–H groups in total. The van der Waals surface area contributed by atoms with Crippen LogP contribution >= 0.6 is 11.8 Å². The molecule has 0 radical (unpaired) electrons. The minimum absolute atomic E-state index is 0.734. The van der Waals surface area contributed by atoms with Crippen molar-refractivity contribution in [1.82, 2.24) is 19.7 Å². The predicted molar refractivity (Wildman–Crippen MR) is 125 cm³/mol. The van der Waals surface area contributed by atoms with Gasteiger partial charge in [0, 0.05) is 35.6 Å². The van der Waals surface area contributed by atoms with Gasteiger partial charge in [0.15, 0.2) is 0 Å². The monoisotopic (exact) mass is 421 g/mol. The summed E-state index contributed by atoms with van der Waals surface area (Å²) >= 11 is 1.77. The molecule has 7 heteroatoms.